The Kier molecular flexibility index (Phi) is 6.70. The van der Waals surface area contributed by atoms with Gasteiger partial charge in [-0.25, -0.2) is 0 Å². The molecule has 2 aromatic heterocycles. The summed E-state index contributed by atoms with van der Waals surface area (Å²) in [6, 6.07) is 20.3. The molecule has 0 saturated carbocycles. The zero-order valence-electron chi connectivity index (χ0n) is 17.7. The predicted molar refractivity (Wildman–Crippen MR) is 130 cm³/mol. The molecular formula is C24H24ClN5O2. The molecule has 164 valence electrons. The van der Waals surface area contributed by atoms with Crippen LogP contribution >= 0.6 is 12.4 Å². The van der Waals surface area contributed by atoms with Gasteiger partial charge >= 0.3 is 0 Å². The first-order valence-electron chi connectivity index (χ1n) is 9.77. The number of carbonyl (C=O) groups excluding carboxylic acids is 2. The normalized spacial score (nSPS) is 10.3. The Morgan fingerprint density at radius 3 is 1.81 bits per heavy atom. The summed E-state index contributed by atoms with van der Waals surface area (Å²) in [5.41, 5.74) is 10.6. The van der Waals surface area contributed by atoms with Crippen LogP contribution in [0.15, 0.2) is 79.1 Å². The Morgan fingerprint density at radius 1 is 0.719 bits per heavy atom. The molecule has 0 aliphatic heterocycles. The van der Waals surface area contributed by atoms with Gasteiger partial charge in [-0.2, -0.15) is 0 Å². The Hall–Kier alpha value is -3.97. The number of anilines is 3. The number of benzene rings is 2. The van der Waals surface area contributed by atoms with Gasteiger partial charge in [0, 0.05) is 43.4 Å². The molecule has 0 saturated heterocycles. The van der Waals surface area contributed by atoms with Crippen molar-refractivity contribution in [1.29, 1.82) is 0 Å². The highest BCUT2D eigenvalue weighted by molar-refractivity contribution is 6.05. The van der Waals surface area contributed by atoms with Crippen molar-refractivity contribution in [2.75, 3.05) is 16.4 Å². The molecule has 2 heterocycles. The van der Waals surface area contributed by atoms with E-state index < -0.39 is 0 Å². The minimum absolute atomic E-state index is 0. The van der Waals surface area contributed by atoms with Crippen LogP contribution in [0.25, 0.3) is 11.1 Å². The van der Waals surface area contributed by atoms with Crippen molar-refractivity contribution in [3.8, 4) is 11.1 Å². The van der Waals surface area contributed by atoms with Crippen molar-refractivity contribution in [2.45, 2.75) is 0 Å². The first-order chi connectivity index (χ1) is 14.9. The molecule has 0 radical (unpaired) electrons. The van der Waals surface area contributed by atoms with Gasteiger partial charge in [-0.05, 0) is 42.0 Å². The van der Waals surface area contributed by atoms with Crippen LogP contribution in [0.2, 0.25) is 0 Å². The number of aryl methyl sites for hydroxylation is 2. The second kappa shape index (κ2) is 9.45. The first-order valence-corrected chi connectivity index (χ1v) is 9.77. The van der Waals surface area contributed by atoms with Crippen molar-refractivity contribution in [3.63, 3.8) is 0 Å². The topological polar surface area (TPSA) is 94.1 Å². The lowest BCUT2D eigenvalue weighted by Crippen LogP contribution is -2.15. The van der Waals surface area contributed by atoms with Gasteiger partial charge in [0.15, 0.2) is 0 Å². The van der Waals surface area contributed by atoms with Crippen molar-refractivity contribution < 1.29 is 9.59 Å². The van der Waals surface area contributed by atoms with E-state index in [1.54, 1.807) is 28.4 Å². The Morgan fingerprint density at radius 2 is 1.25 bits per heavy atom. The summed E-state index contributed by atoms with van der Waals surface area (Å²) in [6.07, 6.45) is 3.60. The Bertz CT molecular complexity index is 1240. The van der Waals surface area contributed by atoms with Crippen LogP contribution in [0.3, 0.4) is 0 Å². The number of hydrogen-bond acceptors (Lipinski definition) is 3. The number of nitrogens with two attached hydrogens (primary N) is 1. The maximum atomic E-state index is 12.6. The summed E-state index contributed by atoms with van der Waals surface area (Å²) in [7, 11) is 3.61. The number of nitrogens with zero attached hydrogens (tertiary/aromatic N) is 2. The third-order valence-corrected chi connectivity index (χ3v) is 5.00. The minimum Gasteiger partial charge on any atom is -0.397 e. The highest BCUT2D eigenvalue weighted by atomic mass is 35.5. The van der Waals surface area contributed by atoms with E-state index in [1.807, 2.05) is 73.9 Å². The lowest BCUT2D eigenvalue weighted by molar-refractivity contribution is 0.101. The average molecular weight is 450 g/mol. The summed E-state index contributed by atoms with van der Waals surface area (Å²) in [5, 5.41) is 5.77. The fourth-order valence-electron chi connectivity index (χ4n) is 3.42. The van der Waals surface area contributed by atoms with E-state index in [0.29, 0.717) is 22.8 Å². The molecule has 0 fully saturated rings. The Balaban J connectivity index is 0.00000289. The van der Waals surface area contributed by atoms with Gasteiger partial charge in [0.1, 0.15) is 11.4 Å². The standard InChI is InChI=1S/C24H23N5O2.ClH/c1-28-14-17(12-21(28)23(30)26-19-6-4-3-5-7-19)16-8-10-20(11-9-16)27-24(31)22-13-18(25)15-29(22)2;/h3-15H,25H2,1-2H3,(H,26,30)(H,27,31);1H. The van der Waals surface area contributed by atoms with Crippen molar-refractivity contribution in [2.24, 2.45) is 14.1 Å². The predicted octanol–water partition coefficient (Wildman–Crippen LogP) is 4.54. The number of amides is 2. The third kappa shape index (κ3) is 4.84. The lowest BCUT2D eigenvalue weighted by Gasteiger charge is -2.07. The van der Waals surface area contributed by atoms with Gasteiger partial charge in [0.25, 0.3) is 11.8 Å². The largest absolute Gasteiger partial charge is 0.397 e. The van der Waals surface area contributed by atoms with Crippen LogP contribution in [-0.4, -0.2) is 20.9 Å². The summed E-state index contributed by atoms with van der Waals surface area (Å²) in [6.45, 7) is 0. The van der Waals surface area contributed by atoms with E-state index in [-0.39, 0.29) is 24.2 Å². The highest BCUT2D eigenvalue weighted by Crippen LogP contribution is 2.24. The van der Waals surface area contributed by atoms with Crippen LogP contribution in [0, 0.1) is 0 Å². The van der Waals surface area contributed by atoms with E-state index >= 15 is 0 Å². The summed E-state index contributed by atoms with van der Waals surface area (Å²) in [4.78, 5) is 25.1. The monoisotopic (exact) mass is 449 g/mol. The second-order valence-corrected chi connectivity index (χ2v) is 7.35. The van der Waals surface area contributed by atoms with Gasteiger partial charge in [-0.15, -0.1) is 12.4 Å². The number of rotatable bonds is 5. The van der Waals surface area contributed by atoms with E-state index in [1.165, 1.54) is 0 Å². The SMILES string of the molecule is Cl.Cn1cc(N)cc1C(=O)Nc1ccc(-c2cc(C(=O)Nc3ccccc3)n(C)c2)cc1. The van der Waals surface area contributed by atoms with Gasteiger partial charge in [0.2, 0.25) is 0 Å². The van der Waals surface area contributed by atoms with Gasteiger partial charge < -0.3 is 25.5 Å². The molecule has 32 heavy (non-hydrogen) atoms. The number of nitrogens with one attached hydrogen (secondary N) is 2. The molecule has 4 N–H and O–H groups in total. The lowest BCUT2D eigenvalue weighted by atomic mass is 10.1. The molecule has 4 aromatic rings. The molecule has 0 aliphatic carbocycles. The summed E-state index contributed by atoms with van der Waals surface area (Å²) >= 11 is 0. The molecule has 0 aliphatic rings. The quantitative estimate of drug-likeness (QED) is 0.417. The van der Waals surface area contributed by atoms with Crippen LogP contribution in [0.4, 0.5) is 17.1 Å². The molecule has 2 amide bonds. The van der Waals surface area contributed by atoms with Crippen molar-refractivity contribution >= 4 is 41.3 Å². The second-order valence-electron chi connectivity index (χ2n) is 7.35. The minimum atomic E-state index is -0.230. The average Bonchev–Trinajstić information content (AvgIpc) is 3.31. The van der Waals surface area contributed by atoms with Gasteiger partial charge in [-0.1, -0.05) is 30.3 Å². The van der Waals surface area contributed by atoms with Crippen LogP contribution < -0.4 is 16.4 Å². The van der Waals surface area contributed by atoms with E-state index in [9.17, 15) is 9.59 Å². The fraction of sp³-hybridized carbons (Fsp3) is 0.0833. The highest BCUT2D eigenvalue weighted by Gasteiger charge is 2.14. The van der Waals surface area contributed by atoms with E-state index in [2.05, 4.69) is 10.6 Å². The molecule has 2 aromatic carbocycles. The number of carbonyl (C=O) groups is 2. The zero-order valence-corrected chi connectivity index (χ0v) is 18.5. The van der Waals surface area contributed by atoms with Gasteiger partial charge in [-0.3, -0.25) is 9.59 Å². The number of para-hydroxylation sites is 1. The maximum Gasteiger partial charge on any atom is 0.272 e. The smallest absolute Gasteiger partial charge is 0.272 e. The molecule has 0 spiro atoms. The van der Waals surface area contributed by atoms with Crippen LogP contribution in [0.5, 0.6) is 0 Å². The number of hydrogen-bond donors (Lipinski definition) is 3. The van der Waals surface area contributed by atoms with Crippen LogP contribution in [0.1, 0.15) is 21.0 Å². The summed E-state index contributed by atoms with van der Waals surface area (Å²) < 4.78 is 3.48. The maximum absolute atomic E-state index is 12.6. The summed E-state index contributed by atoms with van der Waals surface area (Å²) in [5.74, 6) is -0.405. The zero-order chi connectivity index (χ0) is 22.0. The Labute approximate surface area is 192 Å². The molecular weight excluding hydrogens is 426 g/mol. The molecule has 7 nitrogen and oxygen atoms in total. The number of nitrogen functional groups attached to an aromatic ring is 1. The fourth-order valence-corrected chi connectivity index (χ4v) is 3.42. The molecule has 8 heteroatoms. The third-order valence-electron chi connectivity index (χ3n) is 5.00. The van der Waals surface area contributed by atoms with Crippen LogP contribution in [-0.2, 0) is 14.1 Å². The first kappa shape index (κ1) is 22.7. The van der Waals surface area contributed by atoms with Gasteiger partial charge in [0.05, 0.1) is 5.69 Å². The van der Waals surface area contributed by atoms with Crippen molar-refractivity contribution in [1.82, 2.24) is 9.13 Å². The molecule has 0 unspecified atom stereocenters. The van der Waals surface area contributed by atoms with E-state index in [0.717, 1.165) is 16.8 Å². The molecule has 4 rings (SSSR count). The molecule has 0 bridgehead atoms. The number of halogens is 1. The number of aromatic nitrogens is 2. The molecule has 0 atom stereocenters. The van der Waals surface area contributed by atoms with E-state index in [4.69, 9.17) is 5.73 Å². The van der Waals surface area contributed by atoms with Crippen molar-refractivity contribution in [3.05, 3.63) is 90.5 Å².